The second-order valence-corrected chi connectivity index (χ2v) is 3.61. The van der Waals surface area contributed by atoms with Crippen molar-refractivity contribution in [3.05, 3.63) is 51.6 Å². The number of hydrogen-bond donors (Lipinski definition) is 1. The Bertz CT molecular complexity index is 438. The van der Waals surface area contributed by atoms with E-state index in [1.807, 2.05) is 0 Å². The number of fused-ring (bicyclic) bond motifs is 1. The summed E-state index contributed by atoms with van der Waals surface area (Å²) >= 11 is 11.3. The second kappa shape index (κ2) is 3.39. The largest absolute Gasteiger partial charge is 0.376 e. The minimum atomic E-state index is -0.356. The van der Waals surface area contributed by atoms with E-state index in [-0.39, 0.29) is 22.0 Å². The topological polar surface area (TPSA) is 37.3 Å². The third-order valence-corrected chi connectivity index (χ3v) is 2.85. The smallest absolute Gasteiger partial charge is 0.206 e. The molecule has 2 rings (SSSR count). The van der Waals surface area contributed by atoms with E-state index < -0.39 is 0 Å². The Labute approximate surface area is 90.8 Å². The van der Waals surface area contributed by atoms with Crippen molar-refractivity contribution < 1.29 is 9.90 Å². The zero-order chi connectivity index (χ0) is 10.3. The highest BCUT2D eigenvalue weighted by Crippen LogP contribution is 2.36. The Morgan fingerprint density at radius 1 is 1.00 bits per heavy atom. The number of carbonyl (C=O) groups is 1. The zero-order valence-electron chi connectivity index (χ0n) is 6.92. The quantitative estimate of drug-likeness (QED) is 0.741. The van der Waals surface area contributed by atoms with Crippen molar-refractivity contribution in [1.82, 2.24) is 0 Å². The third-order valence-electron chi connectivity index (χ3n) is 2.03. The summed E-state index contributed by atoms with van der Waals surface area (Å²) in [7, 11) is 0. The molecule has 0 aromatic heterocycles. The molecule has 0 heterocycles. The van der Waals surface area contributed by atoms with Crippen molar-refractivity contribution in [3.8, 4) is 0 Å². The average molecular weight is 228 g/mol. The molecule has 0 amide bonds. The molecule has 71 valence electrons. The summed E-state index contributed by atoms with van der Waals surface area (Å²) < 4.78 is 0. The van der Waals surface area contributed by atoms with Gasteiger partial charge < -0.3 is 5.11 Å². The van der Waals surface area contributed by atoms with E-state index >= 15 is 0 Å². The summed E-state index contributed by atoms with van der Waals surface area (Å²) in [6.45, 7) is 0. The van der Waals surface area contributed by atoms with E-state index in [1.54, 1.807) is 24.3 Å². The number of Topliss-reactive ketones (excluding diaryl/α,β-unsaturated/α-hetero) is 1. The lowest BCUT2D eigenvalue weighted by Gasteiger charge is -2.18. The number of benzene rings is 1. The van der Waals surface area contributed by atoms with Gasteiger partial charge in [-0.25, -0.2) is 0 Å². The van der Waals surface area contributed by atoms with E-state index in [0.717, 1.165) is 0 Å². The molecule has 0 saturated heterocycles. The number of halogens is 2. The van der Waals surface area contributed by atoms with Gasteiger partial charge in [0.05, 0.1) is 5.03 Å². The lowest BCUT2D eigenvalue weighted by molar-refractivity contribution is 0.103. The van der Waals surface area contributed by atoms with Crippen LogP contribution in [0.15, 0.2) is 34.3 Å². The molecule has 14 heavy (non-hydrogen) atoms. The Hall–Kier alpha value is -0.830. The average Bonchev–Trinajstić information content (AvgIpc) is 2.23. The SMILES string of the molecule is O=C1C(Cl)=C(Cl)[C](O)c2ccccc21. The maximum Gasteiger partial charge on any atom is 0.206 e. The number of allylic oxidation sites excluding steroid dienone is 1. The molecular weight excluding hydrogens is 223 g/mol. The van der Waals surface area contributed by atoms with Crippen LogP contribution in [0.3, 0.4) is 0 Å². The second-order valence-electron chi connectivity index (χ2n) is 2.85. The predicted molar refractivity (Wildman–Crippen MR) is 53.8 cm³/mol. The molecule has 0 atom stereocenters. The molecule has 1 aromatic carbocycles. The van der Waals surface area contributed by atoms with Crippen LogP contribution in [0.1, 0.15) is 15.9 Å². The molecular formula is C10H5Cl2O2. The van der Waals surface area contributed by atoms with Crippen LogP contribution >= 0.6 is 23.2 Å². The standard InChI is InChI=1S/C10H5Cl2O2/c11-7-8(12)10(14)6-4-2-1-3-5(6)9(7)13/h1-4,13H. The molecule has 1 aliphatic carbocycles. The van der Waals surface area contributed by atoms with E-state index in [9.17, 15) is 9.90 Å². The summed E-state index contributed by atoms with van der Waals surface area (Å²) in [5.74, 6) is -0.356. The molecule has 4 heteroatoms. The molecule has 0 saturated carbocycles. The zero-order valence-corrected chi connectivity index (χ0v) is 8.43. The monoisotopic (exact) mass is 227 g/mol. The van der Waals surface area contributed by atoms with Crippen LogP contribution in [-0.4, -0.2) is 10.9 Å². The van der Waals surface area contributed by atoms with Crippen molar-refractivity contribution in [1.29, 1.82) is 0 Å². The van der Waals surface area contributed by atoms with Gasteiger partial charge in [-0.2, -0.15) is 0 Å². The minimum Gasteiger partial charge on any atom is -0.376 e. The van der Waals surface area contributed by atoms with Gasteiger partial charge in [-0.15, -0.1) is 0 Å². The van der Waals surface area contributed by atoms with Gasteiger partial charge in [0.15, 0.2) is 6.10 Å². The highest BCUT2D eigenvalue weighted by atomic mass is 35.5. The van der Waals surface area contributed by atoms with Gasteiger partial charge in [0.25, 0.3) is 0 Å². The normalized spacial score (nSPS) is 17.2. The minimum absolute atomic E-state index is 0.0876. The highest BCUT2D eigenvalue weighted by Gasteiger charge is 2.30. The number of hydrogen-bond acceptors (Lipinski definition) is 2. The van der Waals surface area contributed by atoms with Gasteiger partial charge in [0, 0.05) is 11.1 Å². The van der Waals surface area contributed by atoms with Gasteiger partial charge in [-0.1, -0.05) is 47.5 Å². The maximum atomic E-state index is 11.6. The molecule has 0 bridgehead atoms. The Morgan fingerprint density at radius 2 is 1.57 bits per heavy atom. The van der Waals surface area contributed by atoms with Gasteiger partial charge in [0.1, 0.15) is 5.03 Å². The molecule has 2 nitrogen and oxygen atoms in total. The summed E-state index contributed by atoms with van der Waals surface area (Å²) in [4.78, 5) is 11.6. The molecule has 1 aliphatic rings. The van der Waals surface area contributed by atoms with Crippen LogP contribution in [0.25, 0.3) is 0 Å². The van der Waals surface area contributed by atoms with E-state index in [1.165, 1.54) is 0 Å². The van der Waals surface area contributed by atoms with Gasteiger partial charge in [-0.05, 0) is 0 Å². The van der Waals surface area contributed by atoms with Crippen LogP contribution in [0.4, 0.5) is 0 Å². The fraction of sp³-hybridized carbons (Fsp3) is 0. The van der Waals surface area contributed by atoms with Crippen LogP contribution in [0, 0.1) is 6.10 Å². The number of rotatable bonds is 0. The lowest BCUT2D eigenvalue weighted by atomic mass is 9.93. The lowest BCUT2D eigenvalue weighted by Crippen LogP contribution is -2.16. The number of ketones is 1. The molecule has 1 radical (unpaired) electrons. The van der Waals surface area contributed by atoms with Gasteiger partial charge >= 0.3 is 0 Å². The van der Waals surface area contributed by atoms with E-state index in [4.69, 9.17) is 23.2 Å². The molecule has 0 spiro atoms. The van der Waals surface area contributed by atoms with Crippen molar-refractivity contribution >= 4 is 29.0 Å². The summed E-state index contributed by atoms with van der Waals surface area (Å²) in [5.41, 5.74) is 0.798. The summed E-state index contributed by atoms with van der Waals surface area (Å²) in [5, 5.41) is 9.38. The van der Waals surface area contributed by atoms with Crippen molar-refractivity contribution in [2.45, 2.75) is 0 Å². The number of carbonyl (C=O) groups excluding carboxylic acids is 1. The Morgan fingerprint density at radius 3 is 2.21 bits per heavy atom. The summed E-state index contributed by atoms with van der Waals surface area (Å²) in [6.07, 6.45) is -0.146. The highest BCUT2D eigenvalue weighted by molar-refractivity contribution is 6.52. The first-order chi connectivity index (χ1) is 6.63. The van der Waals surface area contributed by atoms with Crippen molar-refractivity contribution in [3.63, 3.8) is 0 Å². The van der Waals surface area contributed by atoms with Crippen LogP contribution < -0.4 is 0 Å². The first-order valence-corrected chi connectivity index (χ1v) is 4.64. The van der Waals surface area contributed by atoms with Gasteiger partial charge in [-0.3, -0.25) is 4.79 Å². The first-order valence-electron chi connectivity index (χ1n) is 3.88. The fourth-order valence-electron chi connectivity index (χ4n) is 1.33. The molecule has 0 aliphatic heterocycles. The van der Waals surface area contributed by atoms with Crippen molar-refractivity contribution in [2.75, 3.05) is 0 Å². The molecule has 1 N–H and O–H groups in total. The van der Waals surface area contributed by atoms with Crippen LogP contribution in [-0.2, 0) is 0 Å². The Balaban J connectivity index is 2.67. The van der Waals surface area contributed by atoms with E-state index in [2.05, 4.69) is 0 Å². The maximum absolute atomic E-state index is 11.6. The summed E-state index contributed by atoms with van der Waals surface area (Å²) in [6, 6.07) is 6.63. The first kappa shape index (κ1) is 9.71. The van der Waals surface area contributed by atoms with Gasteiger partial charge in [0.2, 0.25) is 5.78 Å². The van der Waals surface area contributed by atoms with Crippen molar-refractivity contribution in [2.24, 2.45) is 0 Å². The number of aliphatic hydroxyl groups excluding tert-OH is 1. The van der Waals surface area contributed by atoms with E-state index in [0.29, 0.717) is 11.1 Å². The molecule has 1 aromatic rings. The van der Waals surface area contributed by atoms with Crippen LogP contribution in [0.5, 0.6) is 0 Å². The third kappa shape index (κ3) is 1.27. The van der Waals surface area contributed by atoms with Crippen LogP contribution in [0.2, 0.25) is 0 Å². The fourth-order valence-corrected chi connectivity index (χ4v) is 1.71. The number of aliphatic hydroxyl groups is 1. The molecule has 0 unspecified atom stereocenters. The Kier molecular flexibility index (Phi) is 2.35. The predicted octanol–water partition coefficient (Wildman–Crippen LogP) is 2.82. The molecule has 0 fully saturated rings.